The third-order valence-corrected chi connectivity index (χ3v) is 3.83. The summed E-state index contributed by atoms with van der Waals surface area (Å²) in [6, 6.07) is 9.69. The highest BCUT2D eigenvalue weighted by atomic mass is 35.5. The molecule has 0 aliphatic carbocycles. The van der Waals surface area contributed by atoms with E-state index < -0.39 is 5.60 Å². The van der Waals surface area contributed by atoms with E-state index >= 15 is 0 Å². The predicted molar refractivity (Wildman–Crippen MR) is 88.7 cm³/mol. The standard InChI is InChI=1S/C16H24N2O3.ClH/c1-20-16(8-11-17-12-9-16)15(19)18-10-5-13-21-14-6-3-2-4-7-14;/h2-4,6-7,17H,5,8-13H2,1H3,(H,18,19);1H. The molecule has 0 unspecified atom stereocenters. The highest BCUT2D eigenvalue weighted by Crippen LogP contribution is 2.22. The second-order valence-corrected chi connectivity index (χ2v) is 5.22. The van der Waals surface area contributed by atoms with Gasteiger partial charge in [0.1, 0.15) is 11.4 Å². The maximum Gasteiger partial charge on any atom is 0.252 e. The SMILES string of the molecule is COC1(C(=O)NCCCOc2ccccc2)CCNCC1.Cl. The Morgan fingerprint density at radius 3 is 2.59 bits per heavy atom. The molecule has 2 rings (SSSR count). The van der Waals surface area contributed by atoms with Crippen LogP contribution in [0.2, 0.25) is 0 Å². The lowest BCUT2D eigenvalue weighted by atomic mass is 9.91. The van der Waals surface area contributed by atoms with Gasteiger partial charge in [-0.25, -0.2) is 0 Å². The summed E-state index contributed by atoms with van der Waals surface area (Å²) in [5, 5.41) is 6.20. The van der Waals surface area contributed by atoms with Gasteiger partial charge in [-0.1, -0.05) is 18.2 Å². The van der Waals surface area contributed by atoms with E-state index in [0.29, 0.717) is 13.2 Å². The van der Waals surface area contributed by atoms with Crippen LogP contribution in [0.3, 0.4) is 0 Å². The van der Waals surface area contributed by atoms with Crippen LogP contribution in [0.25, 0.3) is 0 Å². The maximum absolute atomic E-state index is 12.3. The molecule has 1 saturated heterocycles. The van der Waals surface area contributed by atoms with Crippen LogP contribution < -0.4 is 15.4 Å². The molecule has 1 amide bonds. The first kappa shape index (κ1) is 18.7. The van der Waals surface area contributed by atoms with Crippen molar-refractivity contribution < 1.29 is 14.3 Å². The Morgan fingerprint density at radius 2 is 1.95 bits per heavy atom. The van der Waals surface area contributed by atoms with E-state index in [-0.39, 0.29) is 18.3 Å². The Kier molecular flexibility index (Phi) is 8.24. The number of amides is 1. The third kappa shape index (κ3) is 5.16. The Morgan fingerprint density at radius 1 is 1.27 bits per heavy atom. The third-order valence-electron chi connectivity index (χ3n) is 3.83. The average molecular weight is 329 g/mol. The van der Waals surface area contributed by atoms with Gasteiger partial charge in [-0.3, -0.25) is 4.79 Å². The zero-order valence-electron chi connectivity index (χ0n) is 13.0. The van der Waals surface area contributed by atoms with Crippen LogP contribution in [0.4, 0.5) is 0 Å². The molecule has 2 N–H and O–H groups in total. The Hall–Kier alpha value is -1.30. The van der Waals surface area contributed by atoms with Crippen LogP contribution in [0, 0.1) is 0 Å². The van der Waals surface area contributed by atoms with Crippen LogP contribution in [0.5, 0.6) is 5.75 Å². The number of rotatable bonds is 7. The van der Waals surface area contributed by atoms with Crippen molar-refractivity contribution >= 4 is 18.3 Å². The fraction of sp³-hybridized carbons (Fsp3) is 0.562. The van der Waals surface area contributed by atoms with Crippen molar-refractivity contribution in [3.8, 4) is 5.75 Å². The topological polar surface area (TPSA) is 59.6 Å². The highest BCUT2D eigenvalue weighted by Gasteiger charge is 2.39. The summed E-state index contributed by atoms with van der Waals surface area (Å²) in [6.45, 7) is 2.83. The second-order valence-electron chi connectivity index (χ2n) is 5.22. The lowest BCUT2D eigenvalue weighted by Crippen LogP contribution is -2.54. The number of methoxy groups -OCH3 is 1. The lowest BCUT2D eigenvalue weighted by molar-refractivity contribution is -0.146. The summed E-state index contributed by atoms with van der Waals surface area (Å²) in [7, 11) is 1.61. The van der Waals surface area contributed by atoms with E-state index in [1.165, 1.54) is 0 Å². The number of carbonyl (C=O) groups is 1. The molecule has 6 heteroatoms. The van der Waals surface area contributed by atoms with Gasteiger partial charge in [-0.15, -0.1) is 12.4 Å². The minimum atomic E-state index is -0.661. The number of hydrogen-bond acceptors (Lipinski definition) is 4. The lowest BCUT2D eigenvalue weighted by Gasteiger charge is -2.34. The van der Waals surface area contributed by atoms with Crippen molar-refractivity contribution in [1.82, 2.24) is 10.6 Å². The normalized spacial score (nSPS) is 16.4. The van der Waals surface area contributed by atoms with E-state index in [2.05, 4.69) is 10.6 Å². The number of benzene rings is 1. The summed E-state index contributed by atoms with van der Waals surface area (Å²) >= 11 is 0. The van der Waals surface area contributed by atoms with E-state index in [1.807, 2.05) is 30.3 Å². The molecular weight excluding hydrogens is 304 g/mol. The summed E-state index contributed by atoms with van der Waals surface area (Å²) in [5.74, 6) is 0.849. The van der Waals surface area contributed by atoms with Crippen molar-refractivity contribution in [2.24, 2.45) is 0 Å². The monoisotopic (exact) mass is 328 g/mol. The van der Waals surface area contributed by atoms with Crippen LogP contribution in [0.1, 0.15) is 19.3 Å². The zero-order chi connectivity index (χ0) is 15.0. The van der Waals surface area contributed by atoms with Crippen molar-refractivity contribution in [1.29, 1.82) is 0 Å². The van der Waals surface area contributed by atoms with Crippen LogP contribution in [-0.4, -0.2) is 44.9 Å². The molecule has 0 radical (unpaired) electrons. The number of halogens is 1. The minimum absolute atomic E-state index is 0. The molecule has 22 heavy (non-hydrogen) atoms. The minimum Gasteiger partial charge on any atom is -0.494 e. The first-order valence-corrected chi connectivity index (χ1v) is 7.49. The van der Waals surface area contributed by atoms with Gasteiger partial charge in [0.2, 0.25) is 0 Å². The number of para-hydroxylation sites is 1. The Balaban J connectivity index is 0.00000242. The van der Waals surface area contributed by atoms with Crippen molar-refractivity contribution in [2.45, 2.75) is 24.9 Å². The van der Waals surface area contributed by atoms with Gasteiger partial charge in [0, 0.05) is 13.7 Å². The van der Waals surface area contributed by atoms with Gasteiger partial charge in [-0.2, -0.15) is 0 Å². The Bertz CT molecular complexity index is 436. The largest absolute Gasteiger partial charge is 0.494 e. The highest BCUT2D eigenvalue weighted by molar-refractivity contribution is 5.85. The van der Waals surface area contributed by atoms with E-state index in [9.17, 15) is 4.79 Å². The molecule has 0 saturated carbocycles. The fourth-order valence-electron chi connectivity index (χ4n) is 2.50. The molecule has 0 atom stereocenters. The Labute approximate surface area is 138 Å². The summed E-state index contributed by atoms with van der Waals surface area (Å²) in [5.41, 5.74) is -0.661. The molecule has 1 heterocycles. The molecule has 0 aromatic heterocycles. The molecule has 124 valence electrons. The van der Waals surface area contributed by atoms with Crippen molar-refractivity contribution in [3.63, 3.8) is 0 Å². The molecule has 1 aromatic rings. The molecule has 5 nitrogen and oxygen atoms in total. The first-order valence-electron chi connectivity index (χ1n) is 7.49. The first-order chi connectivity index (χ1) is 10.3. The second kappa shape index (κ2) is 9.66. The quantitative estimate of drug-likeness (QED) is 0.749. The van der Waals surface area contributed by atoms with Gasteiger partial charge < -0.3 is 20.1 Å². The van der Waals surface area contributed by atoms with Crippen LogP contribution in [0.15, 0.2) is 30.3 Å². The predicted octanol–water partition coefficient (Wildman–Crippen LogP) is 1.76. The summed E-state index contributed by atoms with van der Waals surface area (Å²) < 4.78 is 11.1. The molecule has 1 fully saturated rings. The molecule has 1 aliphatic rings. The van der Waals surface area contributed by atoms with Crippen molar-refractivity contribution in [3.05, 3.63) is 30.3 Å². The van der Waals surface area contributed by atoms with E-state index in [1.54, 1.807) is 7.11 Å². The van der Waals surface area contributed by atoms with E-state index in [4.69, 9.17) is 9.47 Å². The fourth-order valence-corrected chi connectivity index (χ4v) is 2.50. The maximum atomic E-state index is 12.3. The van der Waals surface area contributed by atoms with Gasteiger partial charge in [0.25, 0.3) is 5.91 Å². The smallest absolute Gasteiger partial charge is 0.252 e. The molecular formula is C16H25ClN2O3. The summed E-state index contributed by atoms with van der Waals surface area (Å²) in [6.07, 6.45) is 2.21. The van der Waals surface area contributed by atoms with Crippen LogP contribution >= 0.6 is 12.4 Å². The van der Waals surface area contributed by atoms with E-state index in [0.717, 1.165) is 38.1 Å². The van der Waals surface area contributed by atoms with Gasteiger partial charge in [0.05, 0.1) is 6.61 Å². The number of carbonyl (C=O) groups excluding carboxylic acids is 1. The molecule has 0 spiro atoms. The van der Waals surface area contributed by atoms with Crippen LogP contribution in [-0.2, 0) is 9.53 Å². The molecule has 0 bridgehead atoms. The number of ether oxygens (including phenoxy) is 2. The van der Waals surface area contributed by atoms with Gasteiger partial charge >= 0.3 is 0 Å². The van der Waals surface area contributed by atoms with Crippen molar-refractivity contribution in [2.75, 3.05) is 33.4 Å². The molecule has 1 aromatic carbocycles. The molecule has 1 aliphatic heterocycles. The van der Waals surface area contributed by atoms with Gasteiger partial charge in [-0.05, 0) is 44.5 Å². The summed E-state index contributed by atoms with van der Waals surface area (Å²) in [4.78, 5) is 12.3. The zero-order valence-corrected chi connectivity index (χ0v) is 13.8. The van der Waals surface area contributed by atoms with Gasteiger partial charge in [0.15, 0.2) is 0 Å². The number of hydrogen-bond donors (Lipinski definition) is 2. The number of nitrogens with one attached hydrogen (secondary N) is 2. The number of piperidine rings is 1. The average Bonchev–Trinajstić information content (AvgIpc) is 2.56.